The first-order valence-electron chi connectivity index (χ1n) is 10.3. The van der Waals surface area contributed by atoms with Crippen LogP contribution in [0.15, 0.2) is 71.3 Å². The molecule has 1 N–H and O–H groups in total. The van der Waals surface area contributed by atoms with Crippen molar-refractivity contribution in [3.63, 3.8) is 0 Å². The van der Waals surface area contributed by atoms with E-state index >= 15 is 0 Å². The summed E-state index contributed by atoms with van der Waals surface area (Å²) in [6.45, 7) is 2.26. The third-order valence-electron chi connectivity index (χ3n) is 5.58. The smallest absolute Gasteiger partial charge is 0.254 e. The Balaban J connectivity index is 1.34. The molecule has 4 aromatic rings. The molecule has 0 spiro atoms. The molecule has 6 nitrogen and oxygen atoms in total. The standard InChI is InChI=1S/C25H22N2O4/c28-23(15-19-16-31-22-9-8-17-4-1-2-7-21(17)24(19)22)26-20-6-3-5-18(14-20)25(29)27-10-12-30-13-11-27/h1-9,14,16H,10-13,15H2,(H,26,28). The summed E-state index contributed by atoms with van der Waals surface area (Å²) in [5, 5.41) is 6.05. The zero-order valence-electron chi connectivity index (χ0n) is 17.0. The predicted molar refractivity (Wildman–Crippen MR) is 119 cm³/mol. The molecule has 156 valence electrons. The van der Waals surface area contributed by atoms with Gasteiger partial charge in [-0.3, -0.25) is 9.59 Å². The van der Waals surface area contributed by atoms with Gasteiger partial charge in [-0.1, -0.05) is 36.4 Å². The first kappa shape index (κ1) is 19.3. The van der Waals surface area contributed by atoms with Crippen molar-refractivity contribution in [2.24, 2.45) is 0 Å². The zero-order chi connectivity index (χ0) is 21.2. The van der Waals surface area contributed by atoms with Gasteiger partial charge < -0.3 is 19.4 Å². The van der Waals surface area contributed by atoms with E-state index in [1.54, 1.807) is 35.4 Å². The maximum atomic E-state index is 12.8. The van der Waals surface area contributed by atoms with Crippen molar-refractivity contribution in [3.8, 4) is 0 Å². The summed E-state index contributed by atoms with van der Waals surface area (Å²) in [4.78, 5) is 27.3. The second-order valence-corrected chi connectivity index (χ2v) is 7.63. The number of rotatable bonds is 4. The van der Waals surface area contributed by atoms with Gasteiger partial charge in [0.05, 0.1) is 25.9 Å². The van der Waals surface area contributed by atoms with Crippen LogP contribution in [0.5, 0.6) is 0 Å². The monoisotopic (exact) mass is 414 g/mol. The fourth-order valence-electron chi connectivity index (χ4n) is 4.06. The molecule has 2 amide bonds. The van der Waals surface area contributed by atoms with Crippen LogP contribution in [0.1, 0.15) is 15.9 Å². The molecule has 1 aromatic heterocycles. The summed E-state index contributed by atoms with van der Waals surface area (Å²) in [6.07, 6.45) is 1.83. The summed E-state index contributed by atoms with van der Waals surface area (Å²) < 4.78 is 11.0. The minimum atomic E-state index is -0.161. The first-order chi connectivity index (χ1) is 15.2. The van der Waals surface area contributed by atoms with E-state index in [1.807, 2.05) is 36.4 Å². The number of carbonyl (C=O) groups excluding carboxylic acids is 2. The van der Waals surface area contributed by atoms with Crippen molar-refractivity contribution in [1.82, 2.24) is 4.90 Å². The lowest BCUT2D eigenvalue weighted by Crippen LogP contribution is -2.40. The van der Waals surface area contributed by atoms with Gasteiger partial charge in [0, 0.05) is 35.3 Å². The Kier molecular flexibility index (Phi) is 5.14. The number of nitrogens with zero attached hydrogens (tertiary/aromatic N) is 1. The number of ether oxygens (including phenoxy) is 1. The van der Waals surface area contributed by atoms with Crippen LogP contribution in [0.25, 0.3) is 21.7 Å². The van der Waals surface area contributed by atoms with Gasteiger partial charge in [0.15, 0.2) is 0 Å². The van der Waals surface area contributed by atoms with Crippen LogP contribution in [-0.2, 0) is 16.0 Å². The third kappa shape index (κ3) is 3.90. The Bertz CT molecular complexity index is 1270. The molecular formula is C25H22N2O4. The lowest BCUT2D eigenvalue weighted by Gasteiger charge is -2.27. The first-order valence-corrected chi connectivity index (χ1v) is 10.3. The minimum Gasteiger partial charge on any atom is -0.464 e. The van der Waals surface area contributed by atoms with E-state index in [4.69, 9.17) is 9.15 Å². The number of fused-ring (bicyclic) bond motifs is 3. The molecule has 0 radical (unpaired) electrons. The molecule has 6 heteroatoms. The van der Waals surface area contributed by atoms with Crippen LogP contribution in [-0.4, -0.2) is 43.0 Å². The molecule has 0 atom stereocenters. The van der Waals surface area contributed by atoms with E-state index < -0.39 is 0 Å². The van der Waals surface area contributed by atoms with Gasteiger partial charge in [-0.2, -0.15) is 0 Å². The van der Waals surface area contributed by atoms with E-state index in [2.05, 4.69) is 5.32 Å². The molecule has 0 saturated carbocycles. The van der Waals surface area contributed by atoms with E-state index in [9.17, 15) is 9.59 Å². The maximum absolute atomic E-state index is 12.8. The topological polar surface area (TPSA) is 71.8 Å². The molecule has 1 aliphatic rings. The normalized spacial score (nSPS) is 14.1. The number of morpholine rings is 1. The fourth-order valence-corrected chi connectivity index (χ4v) is 4.06. The number of nitrogens with one attached hydrogen (secondary N) is 1. The van der Waals surface area contributed by atoms with Crippen LogP contribution in [0.4, 0.5) is 5.69 Å². The fraction of sp³-hybridized carbons (Fsp3) is 0.200. The molecule has 2 heterocycles. The SMILES string of the molecule is O=C(Cc1coc2ccc3ccccc3c12)Nc1cccc(C(=O)N2CCOCC2)c1. The molecular weight excluding hydrogens is 392 g/mol. The van der Waals surface area contributed by atoms with Gasteiger partial charge in [-0.25, -0.2) is 0 Å². The van der Waals surface area contributed by atoms with E-state index in [-0.39, 0.29) is 18.2 Å². The van der Waals surface area contributed by atoms with Gasteiger partial charge in [0.1, 0.15) is 5.58 Å². The number of hydrogen-bond acceptors (Lipinski definition) is 4. The lowest BCUT2D eigenvalue weighted by molar-refractivity contribution is -0.115. The summed E-state index contributed by atoms with van der Waals surface area (Å²) in [7, 11) is 0. The average Bonchev–Trinajstić information content (AvgIpc) is 3.22. The van der Waals surface area contributed by atoms with Gasteiger partial charge in [-0.05, 0) is 35.0 Å². The minimum absolute atomic E-state index is 0.0494. The van der Waals surface area contributed by atoms with Crippen molar-refractivity contribution < 1.29 is 18.7 Å². The number of furan rings is 1. The summed E-state index contributed by atoms with van der Waals surface area (Å²) >= 11 is 0. The largest absolute Gasteiger partial charge is 0.464 e. The highest BCUT2D eigenvalue weighted by atomic mass is 16.5. The zero-order valence-corrected chi connectivity index (χ0v) is 17.0. The van der Waals surface area contributed by atoms with E-state index in [0.717, 1.165) is 27.3 Å². The van der Waals surface area contributed by atoms with E-state index in [0.29, 0.717) is 37.6 Å². The van der Waals surface area contributed by atoms with Crippen molar-refractivity contribution in [3.05, 3.63) is 78.1 Å². The molecule has 0 unspecified atom stereocenters. The summed E-state index contributed by atoms with van der Waals surface area (Å²) in [5.41, 5.74) is 2.76. The van der Waals surface area contributed by atoms with Crippen molar-refractivity contribution in [2.45, 2.75) is 6.42 Å². The summed E-state index contributed by atoms with van der Waals surface area (Å²) in [5.74, 6) is -0.210. The Labute approximate surface area is 179 Å². The van der Waals surface area contributed by atoms with Crippen molar-refractivity contribution in [1.29, 1.82) is 0 Å². The number of amides is 2. The van der Waals surface area contributed by atoms with Gasteiger partial charge >= 0.3 is 0 Å². The third-order valence-corrected chi connectivity index (χ3v) is 5.58. The second-order valence-electron chi connectivity index (χ2n) is 7.63. The molecule has 5 rings (SSSR count). The van der Waals surface area contributed by atoms with Gasteiger partial charge in [0.2, 0.25) is 5.91 Å². The molecule has 1 saturated heterocycles. The Morgan fingerprint density at radius 2 is 1.81 bits per heavy atom. The van der Waals surface area contributed by atoms with Crippen LogP contribution in [0, 0.1) is 0 Å². The highest BCUT2D eigenvalue weighted by molar-refractivity contribution is 6.09. The lowest BCUT2D eigenvalue weighted by atomic mass is 10.0. The highest BCUT2D eigenvalue weighted by Gasteiger charge is 2.19. The molecule has 1 fully saturated rings. The quantitative estimate of drug-likeness (QED) is 0.542. The van der Waals surface area contributed by atoms with Crippen LogP contribution in [0.3, 0.4) is 0 Å². The number of hydrogen-bond donors (Lipinski definition) is 1. The molecule has 0 bridgehead atoms. The molecule has 31 heavy (non-hydrogen) atoms. The average molecular weight is 414 g/mol. The maximum Gasteiger partial charge on any atom is 0.254 e. The van der Waals surface area contributed by atoms with Crippen LogP contribution < -0.4 is 5.32 Å². The number of carbonyl (C=O) groups is 2. The van der Waals surface area contributed by atoms with E-state index in [1.165, 1.54) is 0 Å². The Morgan fingerprint density at radius 3 is 2.68 bits per heavy atom. The molecule has 0 aliphatic carbocycles. The second kappa shape index (κ2) is 8.24. The number of anilines is 1. The van der Waals surface area contributed by atoms with Crippen LogP contribution in [0.2, 0.25) is 0 Å². The Morgan fingerprint density at radius 1 is 0.968 bits per heavy atom. The van der Waals surface area contributed by atoms with Crippen molar-refractivity contribution >= 4 is 39.2 Å². The Hall–Kier alpha value is -3.64. The summed E-state index contributed by atoms with van der Waals surface area (Å²) in [6, 6.07) is 19.1. The van der Waals surface area contributed by atoms with Gasteiger partial charge in [-0.15, -0.1) is 0 Å². The highest BCUT2D eigenvalue weighted by Crippen LogP contribution is 2.30. The number of benzene rings is 3. The molecule has 3 aromatic carbocycles. The van der Waals surface area contributed by atoms with Crippen molar-refractivity contribution in [2.75, 3.05) is 31.6 Å². The van der Waals surface area contributed by atoms with Crippen LogP contribution >= 0.6 is 0 Å². The molecule has 1 aliphatic heterocycles. The van der Waals surface area contributed by atoms with Gasteiger partial charge in [0.25, 0.3) is 5.91 Å². The predicted octanol–water partition coefficient (Wildman–Crippen LogP) is 4.24.